The molecule has 2 aromatic carbocycles. The number of halogens is 2. The summed E-state index contributed by atoms with van der Waals surface area (Å²) in [6.07, 6.45) is 4.81. The van der Waals surface area contributed by atoms with Crippen LogP contribution in [0.3, 0.4) is 0 Å². The first-order chi connectivity index (χ1) is 14.5. The van der Waals surface area contributed by atoms with Crippen molar-refractivity contribution in [3.63, 3.8) is 0 Å². The van der Waals surface area contributed by atoms with Crippen molar-refractivity contribution in [3.05, 3.63) is 71.4 Å². The minimum absolute atomic E-state index is 0.0293. The van der Waals surface area contributed by atoms with Gasteiger partial charge in [-0.05, 0) is 54.0 Å². The van der Waals surface area contributed by atoms with Gasteiger partial charge in [-0.2, -0.15) is 0 Å². The van der Waals surface area contributed by atoms with Crippen LogP contribution >= 0.6 is 0 Å². The van der Waals surface area contributed by atoms with Crippen LogP contribution < -0.4 is 5.32 Å². The Bertz CT molecular complexity index is 1040. The van der Waals surface area contributed by atoms with Gasteiger partial charge in [0.1, 0.15) is 11.6 Å². The number of carbonyl (C=O) groups excluding carboxylic acids is 1. The maximum Gasteiger partial charge on any atom is 0.217 e. The second-order valence-corrected chi connectivity index (χ2v) is 8.08. The Kier molecular flexibility index (Phi) is 6.13. The standard InChI is InChI=1S/C24H27F2N3O/c1-17(30)27-16-18-2-3-20-7-13-29(24(20)14-18)22-8-11-28(12-9-22)10-6-19-4-5-21(25)15-23(19)26/h2-5,7,13-15,22H,6,8-12,16H2,1H3,(H,27,30). The number of hydrogen-bond acceptors (Lipinski definition) is 2. The molecule has 1 amide bonds. The summed E-state index contributed by atoms with van der Waals surface area (Å²) >= 11 is 0. The molecule has 0 saturated carbocycles. The topological polar surface area (TPSA) is 37.3 Å². The highest BCUT2D eigenvalue weighted by Gasteiger charge is 2.21. The van der Waals surface area contributed by atoms with Crippen LogP contribution in [0, 0.1) is 11.6 Å². The van der Waals surface area contributed by atoms with Gasteiger partial charge in [0.25, 0.3) is 0 Å². The molecule has 0 unspecified atom stereocenters. The number of likely N-dealkylation sites (tertiary alicyclic amines) is 1. The van der Waals surface area contributed by atoms with Crippen LogP contribution in [-0.4, -0.2) is 35.0 Å². The number of aromatic nitrogens is 1. The maximum absolute atomic E-state index is 13.8. The van der Waals surface area contributed by atoms with E-state index >= 15 is 0 Å². The number of rotatable bonds is 6. The number of nitrogens with zero attached hydrogens (tertiary/aromatic N) is 2. The maximum atomic E-state index is 13.8. The zero-order valence-electron chi connectivity index (χ0n) is 17.2. The van der Waals surface area contributed by atoms with Crippen molar-refractivity contribution in [2.45, 2.75) is 38.8 Å². The van der Waals surface area contributed by atoms with E-state index in [9.17, 15) is 13.6 Å². The normalized spacial score (nSPS) is 15.6. The van der Waals surface area contributed by atoms with Gasteiger partial charge in [-0.25, -0.2) is 8.78 Å². The molecule has 1 N–H and O–H groups in total. The van der Waals surface area contributed by atoms with E-state index in [0.717, 1.165) is 44.1 Å². The molecule has 0 spiro atoms. The van der Waals surface area contributed by atoms with Crippen LogP contribution in [0.5, 0.6) is 0 Å². The minimum Gasteiger partial charge on any atom is -0.352 e. The van der Waals surface area contributed by atoms with Crippen LogP contribution in [0.4, 0.5) is 8.78 Å². The van der Waals surface area contributed by atoms with Crippen molar-refractivity contribution in [1.29, 1.82) is 0 Å². The van der Waals surface area contributed by atoms with E-state index in [-0.39, 0.29) is 5.91 Å². The molecule has 158 valence electrons. The van der Waals surface area contributed by atoms with Gasteiger partial charge in [0.15, 0.2) is 0 Å². The molecule has 6 heteroatoms. The van der Waals surface area contributed by atoms with Crippen LogP contribution in [0.2, 0.25) is 0 Å². The Morgan fingerprint density at radius 3 is 2.63 bits per heavy atom. The van der Waals surface area contributed by atoms with Crippen molar-refractivity contribution in [1.82, 2.24) is 14.8 Å². The molecule has 1 fully saturated rings. The first kappa shape index (κ1) is 20.5. The third-order valence-corrected chi connectivity index (χ3v) is 5.99. The minimum atomic E-state index is -0.531. The molecule has 1 aliphatic rings. The lowest BCUT2D eigenvalue weighted by Crippen LogP contribution is -2.35. The number of hydrogen-bond donors (Lipinski definition) is 1. The number of nitrogens with one attached hydrogen (secondary N) is 1. The second kappa shape index (κ2) is 8.96. The molecule has 0 radical (unpaired) electrons. The molecule has 1 aromatic heterocycles. The third-order valence-electron chi connectivity index (χ3n) is 5.99. The van der Waals surface area contributed by atoms with E-state index in [0.29, 0.717) is 24.6 Å². The molecular weight excluding hydrogens is 384 g/mol. The highest BCUT2D eigenvalue weighted by Crippen LogP contribution is 2.28. The number of carbonyl (C=O) groups is 1. The molecule has 0 atom stereocenters. The van der Waals surface area contributed by atoms with E-state index in [1.165, 1.54) is 23.9 Å². The number of fused-ring (bicyclic) bond motifs is 1. The molecule has 3 aromatic rings. The van der Waals surface area contributed by atoms with E-state index in [1.54, 1.807) is 6.07 Å². The predicted molar refractivity (Wildman–Crippen MR) is 114 cm³/mol. The summed E-state index contributed by atoms with van der Waals surface area (Å²) in [4.78, 5) is 13.5. The van der Waals surface area contributed by atoms with Crippen LogP contribution in [0.25, 0.3) is 10.9 Å². The number of amides is 1. The zero-order chi connectivity index (χ0) is 21.1. The molecule has 0 bridgehead atoms. The Labute approximate surface area is 175 Å². The molecule has 30 heavy (non-hydrogen) atoms. The van der Waals surface area contributed by atoms with Crippen LogP contribution in [0.15, 0.2) is 48.7 Å². The van der Waals surface area contributed by atoms with Gasteiger partial charge in [-0.15, -0.1) is 0 Å². The van der Waals surface area contributed by atoms with Crippen molar-refractivity contribution >= 4 is 16.8 Å². The summed E-state index contributed by atoms with van der Waals surface area (Å²) in [5, 5.41) is 4.06. The summed E-state index contributed by atoms with van der Waals surface area (Å²) in [6.45, 7) is 4.76. The summed E-state index contributed by atoms with van der Waals surface area (Å²) < 4.78 is 29.3. The molecule has 4 nitrogen and oxygen atoms in total. The van der Waals surface area contributed by atoms with Gasteiger partial charge < -0.3 is 14.8 Å². The number of benzene rings is 2. The summed E-state index contributed by atoms with van der Waals surface area (Å²) in [7, 11) is 0. The summed E-state index contributed by atoms with van der Waals surface area (Å²) in [5.74, 6) is -1.02. The average Bonchev–Trinajstić information content (AvgIpc) is 3.15. The Balaban J connectivity index is 1.37. The Morgan fingerprint density at radius 1 is 1.10 bits per heavy atom. The average molecular weight is 411 g/mol. The van der Waals surface area contributed by atoms with Gasteiger partial charge in [-0.1, -0.05) is 18.2 Å². The number of piperidine rings is 1. The second-order valence-electron chi connectivity index (χ2n) is 8.08. The summed E-state index contributed by atoms with van der Waals surface area (Å²) in [5.41, 5.74) is 2.86. The van der Waals surface area contributed by atoms with E-state index in [1.807, 2.05) is 0 Å². The lowest BCUT2D eigenvalue weighted by Gasteiger charge is -2.33. The third kappa shape index (κ3) is 4.70. The van der Waals surface area contributed by atoms with E-state index < -0.39 is 11.6 Å². The molecule has 1 saturated heterocycles. The van der Waals surface area contributed by atoms with Crippen LogP contribution in [-0.2, 0) is 17.8 Å². The molecular formula is C24H27F2N3O. The molecule has 1 aliphatic heterocycles. The lowest BCUT2D eigenvalue weighted by molar-refractivity contribution is -0.119. The van der Waals surface area contributed by atoms with Crippen molar-refractivity contribution in [2.75, 3.05) is 19.6 Å². The smallest absolute Gasteiger partial charge is 0.217 e. The quantitative estimate of drug-likeness (QED) is 0.651. The van der Waals surface area contributed by atoms with Crippen molar-refractivity contribution < 1.29 is 13.6 Å². The lowest BCUT2D eigenvalue weighted by atomic mass is 10.0. The highest BCUT2D eigenvalue weighted by atomic mass is 19.1. The SMILES string of the molecule is CC(=O)NCc1ccc2ccn(C3CCN(CCc4ccc(F)cc4F)CC3)c2c1. The fraction of sp³-hybridized carbons (Fsp3) is 0.375. The molecule has 4 rings (SSSR count). The first-order valence-corrected chi connectivity index (χ1v) is 10.5. The van der Waals surface area contributed by atoms with E-state index in [4.69, 9.17) is 0 Å². The van der Waals surface area contributed by atoms with Gasteiger partial charge in [0.2, 0.25) is 5.91 Å². The Hall–Kier alpha value is -2.73. The zero-order valence-corrected chi connectivity index (χ0v) is 17.2. The van der Waals surface area contributed by atoms with Gasteiger partial charge in [0, 0.05) is 56.9 Å². The highest BCUT2D eigenvalue weighted by molar-refractivity contribution is 5.81. The fourth-order valence-corrected chi connectivity index (χ4v) is 4.27. The van der Waals surface area contributed by atoms with Gasteiger partial charge in [0.05, 0.1) is 0 Å². The van der Waals surface area contributed by atoms with Crippen LogP contribution in [0.1, 0.15) is 36.9 Å². The van der Waals surface area contributed by atoms with Crippen molar-refractivity contribution in [3.8, 4) is 0 Å². The largest absolute Gasteiger partial charge is 0.352 e. The molecule has 0 aliphatic carbocycles. The molecule has 2 heterocycles. The van der Waals surface area contributed by atoms with E-state index in [2.05, 4.69) is 45.2 Å². The van der Waals surface area contributed by atoms with Gasteiger partial charge >= 0.3 is 0 Å². The van der Waals surface area contributed by atoms with Gasteiger partial charge in [-0.3, -0.25) is 4.79 Å². The monoisotopic (exact) mass is 411 g/mol. The van der Waals surface area contributed by atoms with Crippen molar-refractivity contribution in [2.24, 2.45) is 0 Å². The summed E-state index contributed by atoms with van der Waals surface area (Å²) in [6, 6.07) is 12.7. The fourth-order valence-electron chi connectivity index (χ4n) is 4.27. The Morgan fingerprint density at radius 2 is 1.90 bits per heavy atom. The predicted octanol–water partition coefficient (Wildman–Crippen LogP) is 4.44. The first-order valence-electron chi connectivity index (χ1n) is 10.5.